The van der Waals surface area contributed by atoms with Crippen LogP contribution in [0.3, 0.4) is 0 Å². The van der Waals surface area contributed by atoms with Crippen LogP contribution in [0.5, 0.6) is 0 Å². The Balaban J connectivity index is 1.84. The SMILES string of the molecule is Cc1ccc(-c2nc3ccc(C)cn3c2C(=O)Nc2ccc(C)c(C)c2)cc1. The molecule has 1 amide bonds. The fraction of sp³-hybridized carbons (Fsp3) is 0.167. The summed E-state index contributed by atoms with van der Waals surface area (Å²) >= 11 is 0. The van der Waals surface area contributed by atoms with Gasteiger partial charge in [0.05, 0.1) is 0 Å². The molecule has 0 saturated carbocycles. The first kappa shape index (κ1) is 18.0. The molecule has 4 aromatic rings. The van der Waals surface area contributed by atoms with Gasteiger partial charge in [-0.25, -0.2) is 4.98 Å². The maximum atomic E-state index is 13.3. The van der Waals surface area contributed by atoms with Gasteiger partial charge < -0.3 is 5.32 Å². The number of carbonyl (C=O) groups is 1. The largest absolute Gasteiger partial charge is 0.321 e. The summed E-state index contributed by atoms with van der Waals surface area (Å²) in [6.45, 7) is 8.16. The molecule has 0 spiro atoms. The molecule has 1 N–H and O–H groups in total. The molecule has 2 heterocycles. The highest BCUT2D eigenvalue weighted by Gasteiger charge is 2.21. The van der Waals surface area contributed by atoms with Crippen molar-refractivity contribution < 1.29 is 4.79 Å². The number of aryl methyl sites for hydroxylation is 4. The molecule has 0 aliphatic carbocycles. The van der Waals surface area contributed by atoms with E-state index in [0.717, 1.165) is 28.0 Å². The van der Waals surface area contributed by atoms with Crippen molar-refractivity contribution in [1.82, 2.24) is 9.38 Å². The number of amides is 1. The number of anilines is 1. The van der Waals surface area contributed by atoms with Gasteiger partial charge in [0.25, 0.3) is 5.91 Å². The van der Waals surface area contributed by atoms with E-state index >= 15 is 0 Å². The molecule has 0 fully saturated rings. The lowest BCUT2D eigenvalue weighted by molar-refractivity contribution is 0.102. The van der Waals surface area contributed by atoms with Gasteiger partial charge in [0, 0.05) is 17.4 Å². The second-order valence-electron chi connectivity index (χ2n) is 7.36. The van der Waals surface area contributed by atoms with Crippen LogP contribution < -0.4 is 5.32 Å². The van der Waals surface area contributed by atoms with E-state index in [-0.39, 0.29) is 5.91 Å². The Hall–Kier alpha value is -3.40. The molecule has 0 bridgehead atoms. The van der Waals surface area contributed by atoms with E-state index in [4.69, 9.17) is 4.98 Å². The molecule has 0 radical (unpaired) electrons. The van der Waals surface area contributed by atoms with Crippen molar-refractivity contribution in [2.75, 3.05) is 5.32 Å². The standard InChI is InChI=1S/C24H23N3O/c1-15-5-9-19(10-6-15)22-23(27-14-16(2)7-12-21(27)26-22)24(28)25-20-11-8-17(3)18(4)13-20/h5-14H,1-4H3,(H,25,28). The first-order valence-corrected chi connectivity index (χ1v) is 9.37. The number of rotatable bonds is 3. The predicted octanol–water partition coefficient (Wildman–Crippen LogP) is 5.49. The van der Waals surface area contributed by atoms with Gasteiger partial charge in [0.1, 0.15) is 17.0 Å². The van der Waals surface area contributed by atoms with Crippen LogP contribution in [0.2, 0.25) is 0 Å². The molecular weight excluding hydrogens is 346 g/mol. The van der Waals surface area contributed by atoms with Crippen molar-refractivity contribution >= 4 is 17.2 Å². The topological polar surface area (TPSA) is 46.4 Å². The fourth-order valence-electron chi connectivity index (χ4n) is 3.29. The Kier molecular flexibility index (Phi) is 4.47. The first-order chi connectivity index (χ1) is 13.4. The Morgan fingerprint density at radius 3 is 2.29 bits per heavy atom. The third kappa shape index (κ3) is 3.29. The molecule has 140 valence electrons. The van der Waals surface area contributed by atoms with E-state index in [1.54, 1.807) is 0 Å². The van der Waals surface area contributed by atoms with Crippen LogP contribution in [-0.4, -0.2) is 15.3 Å². The highest BCUT2D eigenvalue weighted by Crippen LogP contribution is 2.26. The van der Waals surface area contributed by atoms with Crippen LogP contribution >= 0.6 is 0 Å². The Morgan fingerprint density at radius 1 is 0.857 bits per heavy atom. The number of carbonyl (C=O) groups excluding carboxylic acids is 1. The molecule has 0 atom stereocenters. The van der Waals surface area contributed by atoms with Crippen LogP contribution in [0.4, 0.5) is 5.69 Å². The summed E-state index contributed by atoms with van der Waals surface area (Å²) in [7, 11) is 0. The molecular formula is C24H23N3O. The third-order valence-electron chi connectivity index (χ3n) is 5.07. The zero-order chi connectivity index (χ0) is 19.8. The summed E-state index contributed by atoms with van der Waals surface area (Å²) in [6, 6.07) is 18.0. The maximum Gasteiger partial charge on any atom is 0.274 e. The molecule has 2 aromatic heterocycles. The molecule has 2 aromatic carbocycles. The lowest BCUT2D eigenvalue weighted by Crippen LogP contribution is -2.15. The average molecular weight is 369 g/mol. The van der Waals surface area contributed by atoms with Crippen molar-refractivity contribution in [3.8, 4) is 11.3 Å². The number of aromatic nitrogens is 2. The summed E-state index contributed by atoms with van der Waals surface area (Å²) in [6.07, 6.45) is 1.95. The summed E-state index contributed by atoms with van der Waals surface area (Å²) in [5, 5.41) is 3.05. The van der Waals surface area contributed by atoms with Gasteiger partial charge in [-0.05, 0) is 62.6 Å². The van der Waals surface area contributed by atoms with Gasteiger partial charge in [-0.1, -0.05) is 42.0 Å². The second-order valence-corrected chi connectivity index (χ2v) is 7.36. The summed E-state index contributed by atoms with van der Waals surface area (Å²) in [5.41, 5.74) is 8.28. The molecule has 0 saturated heterocycles. The van der Waals surface area contributed by atoms with E-state index in [1.165, 1.54) is 11.1 Å². The zero-order valence-corrected chi connectivity index (χ0v) is 16.6. The lowest BCUT2D eigenvalue weighted by Gasteiger charge is -2.10. The Bertz CT molecular complexity index is 1190. The molecule has 28 heavy (non-hydrogen) atoms. The summed E-state index contributed by atoms with van der Waals surface area (Å²) in [5.74, 6) is -0.170. The van der Waals surface area contributed by atoms with Crippen molar-refractivity contribution in [1.29, 1.82) is 0 Å². The molecule has 0 aliphatic heterocycles. The minimum Gasteiger partial charge on any atom is -0.321 e. The Labute approximate surface area is 164 Å². The van der Waals surface area contributed by atoms with E-state index in [2.05, 4.69) is 12.2 Å². The van der Waals surface area contributed by atoms with Crippen molar-refractivity contribution in [3.05, 3.63) is 88.7 Å². The number of imidazole rings is 1. The number of fused-ring (bicyclic) bond motifs is 1. The van der Waals surface area contributed by atoms with E-state index < -0.39 is 0 Å². The van der Waals surface area contributed by atoms with Crippen molar-refractivity contribution in [2.45, 2.75) is 27.7 Å². The van der Waals surface area contributed by atoms with Gasteiger partial charge in [-0.15, -0.1) is 0 Å². The Morgan fingerprint density at radius 2 is 1.57 bits per heavy atom. The number of nitrogens with one attached hydrogen (secondary N) is 1. The van der Waals surface area contributed by atoms with Crippen molar-refractivity contribution in [2.24, 2.45) is 0 Å². The van der Waals surface area contributed by atoms with Crippen LogP contribution in [0.1, 0.15) is 32.7 Å². The fourth-order valence-corrected chi connectivity index (χ4v) is 3.29. The quantitative estimate of drug-likeness (QED) is 0.519. The normalized spacial score (nSPS) is 11.0. The van der Waals surface area contributed by atoms with Gasteiger partial charge in [-0.2, -0.15) is 0 Å². The van der Waals surface area contributed by atoms with Crippen molar-refractivity contribution in [3.63, 3.8) is 0 Å². The van der Waals surface area contributed by atoms with Crippen LogP contribution in [0.15, 0.2) is 60.8 Å². The minimum absolute atomic E-state index is 0.170. The minimum atomic E-state index is -0.170. The predicted molar refractivity (Wildman–Crippen MR) is 114 cm³/mol. The number of benzene rings is 2. The third-order valence-corrected chi connectivity index (χ3v) is 5.07. The lowest BCUT2D eigenvalue weighted by atomic mass is 10.1. The van der Waals surface area contributed by atoms with Gasteiger partial charge in [-0.3, -0.25) is 9.20 Å². The summed E-state index contributed by atoms with van der Waals surface area (Å²) in [4.78, 5) is 18.0. The number of hydrogen-bond donors (Lipinski definition) is 1. The highest BCUT2D eigenvalue weighted by atomic mass is 16.2. The molecule has 4 nitrogen and oxygen atoms in total. The summed E-state index contributed by atoms with van der Waals surface area (Å²) < 4.78 is 1.88. The van der Waals surface area contributed by atoms with Crippen LogP contribution in [0.25, 0.3) is 16.9 Å². The van der Waals surface area contributed by atoms with E-state index in [1.807, 2.05) is 86.0 Å². The molecule has 0 aliphatic rings. The smallest absolute Gasteiger partial charge is 0.274 e. The highest BCUT2D eigenvalue weighted by molar-refractivity contribution is 6.07. The van der Waals surface area contributed by atoms with Gasteiger partial charge >= 0.3 is 0 Å². The number of hydrogen-bond acceptors (Lipinski definition) is 2. The van der Waals surface area contributed by atoms with Crippen LogP contribution in [-0.2, 0) is 0 Å². The van der Waals surface area contributed by atoms with Crippen LogP contribution in [0, 0.1) is 27.7 Å². The van der Waals surface area contributed by atoms with Gasteiger partial charge in [0.15, 0.2) is 0 Å². The number of pyridine rings is 1. The molecule has 4 rings (SSSR count). The zero-order valence-electron chi connectivity index (χ0n) is 16.6. The second kappa shape index (κ2) is 6.97. The van der Waals surface area contributed by atoms with E-state index in [0.29, 0.717) is 11.4 Å². The van der Waals surface area contributed by atoms with Gasteiger partial charge in [0.2, 0.25) is 0 Å². The monoisotopic (exact) mass is 369 g/mol. The maximum absolute atomic E-state index is 13.3. The average Bonchev–Trinajstić information content (AvgIpc) is 3.04. The molecule has 0 unspecified atom stereocenters. The molecule has 4 heteroatoms. The number of nitrogens with zero attached hydrogens (tertiary/aromatic N) is 2. The first-order valence-electron chi connectivity index (χ1n) is 9.37. The van der Waals surface area contributed by atoms with E-state index in [9.17, 15) is 4.79 Å².